The molecule has 0 spiro atoms. The molecule has 0 bridgehead atoms. The predicted molar refractivity (Wildman–Crippen MR) is 46.9 cm³/mol. The molecule has 1 aliphatic rings. The van der Waals surface area contributed by atoms with Gasteiger partial charge in [0.05, 0.1) is 11.4 Å². The van der Waals surface area contributed by atoms with Gasteiger partial charge in [0.25, 0.3) is 0 Å². The van der Waals surface area contributed by atoms with E-state index in [1.807, 2.05) is 0 Å². The molecule has 0 radical (unpaired) electrons. The van der Waals surface area contributed by atoms with Crippen molar-refractivity contribution in [3.05, 3.63) is 0 Å². The van der Waals surface area contributed by atoms with Crippen LogP contribution in [-0.2, 0) is 14.6 Å². The van der Waals surface area contributed by atoms with E-state index in [0.29, 0.717) is 6.42 Å². The van der Waals surface area contributed by atoms with Crippen LogP contribution in [0, 0.1) is 0 Å². The Morgan fingerprint density at radius 2 is 2.08 bits per heavy atom. The van der Waals surface area contributed by atoms with Crippen LogP contribution in [0.2, 0.25) is 0 Å². The van der Waals surface area contributed by atoms with E-state index in [-0.39, 0.29) is 11.4 Å². The average molecular weight is 193 g/mol. The summed E-state index contributed by atoms with van der Waals surface area (Å²) in [5.74, 6) is 0.211. The normalized spacial score (nSPS) is 21.8. The van der Waals surface area contributed by atoms with Crippen molar-refractivity contribution in [2.75, 3.05) is 32.2 Å². The molecule has 5 heteroatoms. The Bertz CT molecular complexity index is 238. The molecule has 1 rings (SSSR count). The van der Waals surface area contributed by atoms with Crippen molar-refractivity contribution in [3.63, 3.8) is 0 Å². The number of sulfone groups is 1. The molecular formula is C7H15NO3S. The van der Waals surface area contributed by atoms with Crippen LogP contribution >= 0.6 is 0 Å². The van der Waals surface area contributed by atoms with Crippen molar-refractivity contribution in [3.8, 4) is 0 Å². The smallest absolute Gasteiger partial charge is 0.147 e. The van der Waals surface area contributed by atoms with Gasteiger partial charge >= 0.3 is 0 Å². The first-order chi connectivity index (χ1) is 5.47. The number of hydrogen-bond donors (Lipinski definition) is 1. The minimum atomic E-state index is -2.85. The molecule has 0 saturated carbocycles. The highest BCUT2D eigenvalue weighted by molar-refractivity contribution is 7.90. The van der Waals surface area contributed by atoms with E-state index in [2.05, 4.69) is 5.32 Å². The van der Waals surface area contributed by atoms with Gasteiger partial charge in [-0.25, -0.2) is 8.42 Å². The highest BCUT2D eigenvalue weighted by Crippen LogP contribution is 2.20. The molecule has 12 heavy (non-hydrogen) atoms. The summed E-state index contributed by atoms with van der Waals surface area (Å²) in [5, 5.41) is 3.07. The lowest BCUT2D eigenvalue weighted by Crippen LogP contribution is -2.61. The number of ether oxygens (including phenoxy) is 1. The summed E-state index contributed by atoms with van der Waals surface area (Å²) in [7, 11) is -1.22. The molecule has 0 atom stereocenters. The zero-order valence-corrected chi connectivity index (χ0v) is 8.28. The quantitative estimate of drug-likeness (QED) is 0.648. The fraction of sp³-hybridized carbons (Fsp3) is 1.00. The van der Waals surface area contributed by atoms with Crippen molar-refractivity contribution in [2.24, 2.45) is 0 Å². The third kappa shape index (κ3) is 2.43. The summed E-state index contributed by atoms with van der Waals surface area (Å²) in [4.78, 5) is 0. The first-order valence-electron chi connectivity index (χ1n) is 3.91. The second-order valence-electron chi connectivity index (χ2n) is 3.37. The molecule has 72 valence electrons. The Kier molecular flexibility index (Phi) is 2.75. The average Bonchev–Trinajstić information content (AvgIpc) is 1.84. The molecule has 0 unspecified atom stereocenters. The Morgan fingerprint density at radius 1 is 1.50 bits per heavy atom. The summed E-state index contributed by atoms with van der Waals surface area (Å²) in [6, 6.07) is 0. The third-order valence-electron chi connectivity index (χ3n) is 2.26. The van der Waals surface area contributed by atoms with Crippen molar-refractivity contribution in [1.82, 2.24) is 5.32 Å². The van der Waals surface area contributed by atoms with Crippen LogP contribution in [0.1, 0.15) is 6.42 Å². The fourth-order valence-electron chi connectivity index (χ4n) is 1.20. The Balaban J connectivity index is 2.40. The second-order valence-corrected chi connectivity index (χ2v) is 5.63. The van der Waals surface area contributed by atoms with Crippen molar-refractivity contribution in [1.29, 1.82) is 0 Å². The van der Waals surface area contributed by atoms with Crippen molar-refractivity contribution < 1.29 is 13.2 Å². The van der Waals surface area contributed by atoms with E-state index in [1.54, 1.807) is 7.11 Å². The van der Waals surface area contributed by atoms with E-state index in [4.69, 9.17) is 4.74 Å². The highest BCUT2D eigenvalue weighted by atomic mass is 32.2. The van der Waals surface area contributed by atoms with E-state index >= 15 is 0 Å². The van der Waals surface area contributed by atoms with Crippen LogP contribution in [0.4, 0.5) is 0 Å². The van der Waals surface area contributed by atoms with Gasteiger partial charge in [-0.2, -0.15) is 0 Å². The van der Waals surface area contributed by atoms with Gasteiger partial charge in [-0.05, 0) is 6.42 Å². The van der Waals surface area contributed by atoms with Gasteiger partial charge in [0, 0.05) is 26.5 Å². The van der Waals surface area contributed by atoms with Crippen LogP contribution in [0.3, 0.4) is 0 Å². The number of methoxy groups -OCH3 is 1. The van der Waals surface area contributed by atoms with Gasteiger partial charge in [-0.3, -0.25) is 0 Å². The third-order valence-corrected chi connectivity index (χ3v) is 3.20. The van der Waals surface area contributed by atoms with Crippen LogP contribution < -0.4 is 5.32 Å². The summed E-state index contributed by atoms with van der Waals surface area (Å²) < 4.78 is 27.0. The number of nitrogens with one attached hydrogen (secondary N) is 1. The van der Waals surface area contributed by atoms with Crippen LogP contribution in [0.15, 0.2) is 0 Å². The first kappa shape index (κ1) is 9.95. The molecule has 1 fully saturated rings. The van der Waals surface area contributed by atoms with Gasteiger partial charge in [-0.15, -0.1) is 0 Å². The lowest BCUT2D eigenvalue weighted by Gasteiger charge is -2.41. The molecule has 1 heterocycles. The molecule has 0 aliphatic carbocycles. The largest absolute Gasteiger partial charge is 0.376 e. The number of hydrogen-bond acceptors (Lipinski definition) is 4. The standard InChI is InChI=1S/C7H15NO3S/c1-11-7(5-8-6-7)3-4-12(2,9)10/h8H,3-6H2,1-2H3. The second kappa shape index (κ2) is 3.32. The molecule has 1 N–H and O–H groups in total. The van der Waals surface area contributed by atoms with Gasteiger partial charge in [-0.1, -0.05) is 0 Å². The zero-order valence-electron chi connectivity index (χ0n) is 7.46. The van der Waals surface area contributed by atoms with E-state index in [1.165, 1.54) is 6.26 Å². The van der Waals surface area contributed by atoms with E-state index < -0.39 is 9.84 Å². The molecule has 0 aromatic rings. The monoisotopic (exact) mass is 193 g/mol. The highest BCUT2D eigenvalue weighted by Gasteiger charge is 2.37. The van der Waals surface area contributed by atoms with Crippen molar-refractivity contribution in [2.45, 2.75) is 12.0 Å². The molecular weight excluding hydrogens is 178 g/mol. The zero-order chi connectivity index (χ0) is 9.24. The minimum absolute atomic E-state index is 0.211. The van der Waals surface area contributed by atoms with Gasteiger partial charge in [0.15, 0.2) is 0 Å². The fourth-order valence-corrected chi connectivity index (χ4v) is 1.94. The Labute approximate surface area is 73.2 Å². The maximum Gasteiger partial charge on any atom is 0.147 e. The lowest BCUT2D eigenvalue weighted by molar-refractivity contribution is -0.0527. The maximum atomic E-state index is 10.9. The van der Waals surface area contributed by atoms with Gasteiger partial charge in [0.2, 0.25) is 0 Å². The molecule has 1 aliphatic heterocycles. The topological polar surface area (TPSA) is 55.4 Å². The molecule has 0 aromatic heterocycles. The predicted octanol–water partition coefficient (Wildman–Crippen LogP) is -0.590. The summed E-state index contributed by atoms with van der Waals surface area (Å²) in [6.45, 7) is 1.53. The Morgan fingerprint density at radius 3 is 2.33 bits per heavy atom. The lowest BCUT2D eigenvalue weighted by atomic mass is 9.94. The Hall–Kier alpha value is -0.130. The molecule has 0 aromatic carbocycles. The first-order valence-corrected chi connectivity index (χ1v) is 5.97. The summed E-state index contributed by atoms with van der Waals surface area (Å²) in [5.41, 5.74) is -0.219. The molecule has 1 saturated heterocycles. The van der Waals surface area contributed by atoms with Crippen molar-refractivity contribution >= 4 is 9.84 Å². The summed E-state index contributed by atoms with van der Waals surface area (Å²) >= 11 is 0. The SMILES string of the molecule is COC1(CCS(C)(=O)=O)CNC1. The summed E-state index contributed by atoms with van der Waals surface area (Å²) in [6.07, 6.45) is 1.85. The van der Waals surface area contributed by atoms with E-state index in [9.17, 15) is 8.42 Å². The number of rotatable bonds is 4. The molecule has 4 nitrogen and oxygen atoms in total. The maximum absolute atomic E-state index is 10.9. The van der Waals surface area contributed by atoms with Crippen LogP contribution in [0.25, 0.3) is 0 Å². The van der Waals surface area contributed by atoms with Crippen LogP contribution in [0.5, 0.6) is 0 Å². The molecule has 0 amide bonds. The van der Waals surface area contributed by atoms with Gasteiger partial charge < -0.3 is 10.1 Å². The van der Waals surface area contributed by atoms with Crippen LogP contribution in [-0.4, -0.2) is 46.2 Å². The minimum Gasteiger partial charge on any atom is -0.376 e. The van der Waals surface area contributed by atoms with E-state index in [0.717, 1.165) is 13.1 Å². The van der Waals surface area contributed by atoms with Gasteiger partial charge in [0.1, 0.15) is 9.84 Å².